The van der Waals surface area contributed by atoms with E-state index in [4.69, 9.17) is 0 Å². The molecular formula is C18H22FN3O. The molecule has 1 aromatic carbocycles. The van der Waals surface area contributed by atoms with Crippen LogP contribution in [0.25, 0.3) is 5.69 Å². The lowest BCUT2D eigenvalue weighted by molar-refractivity contribution is 0.0655. The van der Waals surface area contributed by atoms with Crippen molar-refractivity contribution in [2.45, 2.75) is 26.8 Å². The molecule has 1 aliphatic rings. The second-order valence-electron chi connectivity index (χ2n) is 6.15. The molecule has 2 aromatic rings. The lowest BCUT2D eigenvalue weighted by Crippen LogP contribution is -2.52. The maximum absolute atomic E-state index is 13.1. The van der Waals surface area contributed by atoms with Crippen LogP contribution in [0.5, 0.6) is 0 Å². The Hall–Kier alpha value is -2.14. The van der Waals surface area contributed by atoms with Crippen molar-refractivity contribution >= 4 is 5.91 Å². The Kier molecular flexibility index (Phi) is 4.22. The number of aryl methyl sites for hydroxylation is 1. The molecule has 0 aliphatic carbocycles. The zero-order chi connectivity index (χ0) is 16.6. The van der Waals surface area contributed by atoms with E-state index < -0.39 is 0 Å². The predicted molar refractivity (Wildman–Crippen MR) is 88.6 cm³/mol. The van der Waals surface area contributed by atoms with Crippen LogP contribution in [-0.4, -0.2) is 41.1 Å². The van der Waals surface area contributed by atoms with Gasteiger partial charge in [-0.2, -0.15) is 0 Å². The molecule has 0 unspecified atom stereocenters. The Morgan fingerprint density at radius 2 is 1.96 bits per heavy atom. The second-order valence-corrected chi connectivity index (χ2v) is 6.15. The van der Waals surface area contributed by atoms with Crippen molar-refractivity contribution in [2.75, 3.05) is 19.6 Å². The van der Waals surface area contributed by atoms with Crippen LogP contribution in [0.2, 0.25) is 0 Å². The molecule has 1 amide bonds. The first-order valence-electron chi connectivity index (χ1n) is 7.95. The molecule has 1 saturated heterocycles. The van der Waals surface area contributed by atoms with Crippen LogP contribution in [0.1, 0.15) is 28.7 Å². The highest BCUT2D eigenvalue weighted by molar-refractivity contribution is 5.96. The number of benzene rings is 1. The van der Waals surface area contributed by atoms with Gasteiger partial charge in [-0.25, -0.2) is 4.39 Å². The molecule has 1 aliphatic heterocycles. The highest BCUT2D eigenvalue weighted by Crippen LogP contribution is 2.23. The molecule has 3 rings (SSSR count). The zero-order valence-corrected chi connectivity index (χ0v) is 13.8. The smallest absolute Gasteiger partial charge is 0.256 e. The van der Waals surface area contributed by atoms with Gasteiger partial charge in [-0.05, 0) is 51.1 Å². The van der Waals surface area contributed by atoms with Gasteiger partial charge in [0.1, 0.15) is 5.82 Å². The Morgan fingerprint density at radius 1 is 1.26 bits per heavy atom. The summed E-state index contributed by atoms with van der Waals surface area (Å²) >= 11 is 0. The van der Waals surface area contributed by atoms with E-state index in [-0.39, 0.29) is 17.8 Å². The van der Waals surface area contributed by atoms with E-state index in [1.165, 1.54) is 12.1 Å². The second kappa shape index (κ2) is 6.16. The van der Waals surface area contributed by atoms with Gasteiger partial charge in [-0.1, -0.05) is 0 Å². The van der Waals surface area contributed by atoms with Crippen LogP contribution in [-0.2, 0) is 0 Å². The number of hydrogen-bond acceptors (Lipinski definition) is 2. The number of nitrogens with one attached hydrogen (secondary N) is 1. The highest BCUT2D eigenvalue weighted by atomic mass is 19.1. The van der Waals surface area contributed by atoms with Crippen LogP contribution < -0.4 is 5.32 Å². The summed E-state index contributed by atoms with van der Waals surface area (Å²) < 4.78 is 15.1. The summed E-state index contributed by atoms with van der Waals surface area (Å²) in [4.78, 5) is 14.8. The fraction of sp³-hybridized carbons (Fsp3) is 0.389. The van der Waals surface area contributed by atoms with Crippen LogP contribution in [0, 0.1) is 19.7 Å². The minimum Gasteiger partial charge on any atom is -0.333 e. The van der Waals surface area contributed by atoms with E-state index in [1.807, 2.05) is 29.4 Å². The number of piperazine rings is 1. The number of carbonyl (C=O) groups excluding carboxylic acids is 1. The topological polar surface area (TPSA) is 37.3 Å². The van der Waals surface area contributed by atoms with Crippen LogP contribution in [0.3, 0.4) is 0 Å². The Morgan fingerprint density at radius 3 is 2.61 bits per heavy atom. The predicted octanol–water partition coefficient (Wildman–Crippen LogP) is 2.67. The van der Waals surface area contributed by atoms with E-state index in [1.54, 1.807) is 12.1 Å². The lowest BCUT2D eigenvalue weighted by Gasteiger charge is -2.34. The molecule has 122 valence electrons. The van der Waals surface area contributed by atoms with E-state index in [2.05, 4.69) is 12.2 Å². The highest BCUT2D eigenvalue weighted by Gasteiger charge is 2.27. The standard InChI is InChI=1S/C18H22FN3O/c1-12-10-17(18(23)21-9-8-20-11-13(21)2)14(3)22(12)16-6-4-15(19)5-7-16/h4-7,10,13,20H,8-9,11H2,1-3H3/t13-/m0/s1. The fourth-order valence-corrected chi connectivity index (χ4v) is 3.26. The van der Waals surface area contributed by atoms with Crippen molar-refractivity contribution < 1.29 is 9.18 Å². The number of aromatic nitrogens is 1. The number of carbonyl (C=O) groups is 1. The van der Waals surface area contributed by atoms with Gasteiger partial charge in [0.15, 0.2) is 0 Å². The maximum atomic E-state index is 13.1. The molecule has 0 saturated carbocycles. The van der Waals surface area contributed by atoms with Crippen molar-refractivity contribution in [1.29, 1.82) is 0 Å². The third-order valence-corrected chi connectivity index (χ3v) is 4.51. The third-order valence-electron chi connectivity index (χ3n) is 4.51. The third kappa shape index (κ3) is 2.88. The molecule has 23 heavy (non-hydrogen) atoms. The first kappa shape index (κ1) is 15.7. The van der Waals surface area contributed by atoms with Gasteiger partial charge in [0.25, 0.3) is 5.91 Å². The monoisotopic (exact) mass is 315 g/mol. The molecule has 1 fully saturated rings. The molecular weight excluding hydrogens is 293 g/mol. The van der Waals surface area contributed by atoms with E-state index in [9.17, 15) is 9.18 Å². The number of nitrogens with zero attached hydrogens (tertiary/aromatic N) is 2. The van der Waals surface area contributed by atoms with Gasteiger partial charge < -0.3 is 14.8 Å². The SMILES string of the molecule is Cc1cc(C(=O)N2CCNC[C@@H]2C)c(C)n1-c1ccc(F)cc1. The minimum absolute atomic E-state index is 0.0699. The van der Waals surface area contributed by atoms with Crippen LogP contribution in [0.4, 0.5) is 4.39 Å². The molecule has 2 heterocycles. The Labute approximate surface area is 135 Å². The number of rotatable bonds is 2. The van der Waals surface area contributed by atoms with Crippen molar-refractivity contribution in [1.82, 2.24) is 14.8 Å². The van der Waals surface area contributed by atoms with Gasteiger partial charge in [0.2, 0.25) is 0 Å². The van der Waals surface area contributed by atoms with Crippen molar-refractivity contribution in [3.05, 3.63) is 53.1 Å². The van der Waals surface area contributed by atoms with Gasteiger partial charge in [-0.3, -0.25) is 4.79 Å². The molecule has 0 radical (unpaired) electrons. The first-order valence-corrected chi connectivity index (χ1v) is 7.95. The van der Waals surface area contributed by atoms with E-state index in [0.29, 0.717) is 0 Å². The normalized spacial score (nSPS) is 18.3. The molecule has 5 heteroatoms. The summed E-state index contributed by atoms with van der Waals surface area (Å²) in [6.45, 7) is 8.34. The van der Waals surface area contributed by atoms with Gasteiger partial charge in [-0.15, -0.1) is 0 Å². The molecule has 0 bridgehead atoms. The molecule has 1 N–H and O–H groups in total. The maximum Gasteiger partial charge on any atom is 0.256 e. The summed E-state index contributed by atoms with van der Waals surface area (Å²) in [7, 11) is 0. The fourth-order valence-electron chi connectivity index (χ4n) is 3.26. The largest absolute Gasteiger partial charge is 0.333 e. The minimum atomic E-state index is -0.262. The number of amides is 1. The molecule has 1 atom stereocenters. The summed E-state index contributed by atoms with van der Waals surface area (Å²) in [5.74, 6) is -0.192. The van der Waals surface area contributed by atoms with Gasteiger partial charge >= 0.3 is 0 Å². The average Bonchev–Trinajstić information content (AvgIpc) is 2.83. The lowest BCUT2D eigenvalue weighted by atomic mass is 10.1. The van der Waals surface area contributed by atoms with Gasteiger partial charge in [0, 0.05) is 42.8 Å². The van der Waals surface area contributed by atoms with Crippen molar-refractivity contribution in [3.63, 3.8) is 0 Å². The molecule has 1 aromatic heterocycles. The number of hydrogen-bond donors (Lipinski definition) is 1. The zero-order valence-electron chi connectivity index (χ0n) is 13.8. The average molecular weight is 315 g/mol. The summed E-state index contributed by atoms with van der Waals surface area (Å²) in [6.07, 6.45) is 0. The van der Waals surface area contributed by atoms with E-state index in [0.717, 1.165) is 42.3 Å². The van der Waals surface area contributed by atoms with E-state index >= 15 is 0 Å². The summed E-state index contributed by atoms with van der Waals surface area (Å²) in [6, 6.07) is 8.46. The van der Waals surface area contributed by atoms with Crippen molar-refractivity contribution in [3.8, 4) is 5.69 Å². The Bertz CT molecular complexity index is 721. The summed E-state index contributed by atoms with van der Waals surface area (Å²) in [5.41, 5.74) is 3.46. The molecule has 4 nitrogen and oxygen atoms in total. The van der Waals surface area contributed by atoms with Crippen molar-refractivity contribution in [2.24, 2.45) is 0 Å². The Balaban J connectivity index is 1.97. The van der Waals surface area contributed by atoms with Crippen LogP contribution >= 0.6 is 0 Å². The van der Waals surface area contributed by atoms with Gasteiger partial charge in [0.05, 0.1) is 5.56 Å². The summed E-state index contributed by atoms with van der Waals surface area (Å²) in [5, 5.41) is 3.30. The molecule has 0 spiro atoms. The quantitative estimate of drug-likeness (QED) is 0.925. The number of halogens is 1. The van der Waals surface area contributed by atoms with Crippen LogP contribution in [0.15, 0.2) is 30.3 Å². The first-order chi connectivity index (χ1) is 11.0.